The molecule has 1 aromatic rings. The van der Waals surface area contributed by atoms with E-state index in [9.17, 15) is 19.2 Å². The van der Waals surface area contributed by atoms with E-state index in [1.807, 2.05) is 30.3 Å². The van der Waals surface area contributed by atoms with Crippen molar-refractivity contribution < 1.29 is 38.5 Å². The quantitative estimate of drug-likeness (QED) is 0.166. The maximum absolute atomic E-state index is 13.3. The Morgan fingerprint density at radius 2 is 1.79 bits per heavy atom. The lowest BCUT2D eigenvalue weighted by molar-refractivity contribution is -0.147. The van der Waals surface area contributed by atoms with E-state index in [1.54, 1.807) is 12.2 Å². The molecule has 0 aromatic heterocycles. The number of amides is 3. The van der Waals surface area contributed by atoms with Crippen LogP contribution in [0.25, 0.3) is 0 Å². The largest absolute Gasteiger partial charge is 0.462 e. The van der Waals surface area contributed by atoms with Gasteiger partial charge in [0, 0.05) is 13.0 Å². The molecule has 3 amide bonds. The van der Waals surface area contributed by atoms with Gasteiger partial charge in [0.15, 0.2) is 0 Å². The van der Waals surface area contributed by atoms with E-state index in [-0.39, 0.29) is 70.7 Å². The number of benzene rings is 1. The maximum atomic E-state index is 13.3. The number of aliphatic hydroxyl groups excluding tert-OH is 1. The average Bonchev–Trinajstić information content (AvgIpc) is 3.00. The van der Waals surface area contributed by atoms with E-state index in [0.29, 0.717) is 12.3 Å². The van der Waals surface area contributed by atoms with Crippen molar-refractivity contribution in [2.45, 2.75) is 76.5 Å². The number of aliphatic hydroxyl groups is 1. The van der Waals surface area contributed by atoms with Crippen molar-refractivity contribution in [3.05, 3.63) is 48.0 Å². The van der Waals surface area contributed by atoms with Gasteiger partial charge >= 0.3 is 12.1 Å². The molecule has 0 radical (unpaired) electrons. The van der Waals surface area contributed by atoms with Crippen molar-refractivity contribution >= 4 is 23.9 Å². The molecule has 1 fully saturated rings. The highest BCUT2D eigenvalue weighted by molar-refractivity contribution is 5.86. The van der Waals surface area contributed by atoms with Crippen LogP contribution in [0.1, 0.15) is 63.4 Å². The third kappa shape index (κ3) is 12.6. The minimum absolute atomic E-state index is 0.0143. The van der Waals surface area contributed by atoms with E-state index in [1.165, 1.54) is 6.42 Å². The molecule has 11 heteroatoms. The summed E-state index contributed by atoms with van der Waals surface area (Å²) in [4.78, 5) is 51.4. The lowest BCUT2D eigenvalue weighted by atomic mass is 9.84. The molecule has 0 bridgehead atoms. The highest BCUT2D eigenvalue weighted by atomic mass is 16.6. The van der Waals surface area contributed by atoms with Crippen LogP contribution < -0.4 is 16.0 Å². The fraction of sp³-hybridized carbons (Fsp3) is 0.613. The lowest BCUT2D eigenvalue weighted by Gasteiger charge is -2.29. The summed E-state index contributed by atoms with van der Waals surface area (Å²) < 4.78 is 16.1. The molecule has 3 atom stereocenters. The van der Waals surface area contributed by atoms with Gasteiger partial charge in [-0.05, 0) is 30.7 Å². The van der Waals surface area contributed by atoms with Gasteiger partial charge in [-0.15, -0.1) is 0 Å². The molecular weight excluding hydrogens is 542 g/mol. The van der Waals surface area contributed by atoms with Gasteiger partial charge in [-0.1, -0.05) is 74.6 Å². The Labute approximate surface area is 247 Å². The Morgan fingerprint density at radius 3 is 2.55 bits per heavy atom. The Hall–Kier alpha value is -3.44. The van der Waals surface area contributed by atoms with Crippen LogP contribution in [0.15, 0.2) is 42.5 Å². The summed E-state index contributed by atoms with van der Waals surface area (Å²) in [5.74, 6) is -1.34. The summed E-state index contributed by atoms with van der Waals surface area (Å²) in [5, 5.41) is 17.2. The Kier molecular flexibility index (Phi) is 14.9. The molecule has 0 saturated heterocycles. The summed E-state index contributed by atoms with van der Waals surface area (Å²) in [7, 11) is 0. The second-order valence-electron chi connectivity index (χ2n) is 10.9. The number of carbonyl (C=O) groups is 4. The third-order valence-electron chi connectivity index (χ3n) is 7.47. The highest BCUT2D eigenvalue weighted by Crippen LogP contribution is 2.28. The van der Waals surface area contributed by atoms with E-state index < -0.39 is 30.1 Å². The molecule has 1 aliphatic heterocycles. The highest BCUT2D eigenvalue weighted by Gasteiger charge is 2.29. The van der Waals surface area contributed by atoms with Crippen LogP contribution in [0.3, 0.4) is 0 Å². The zero-order valence-corrected chi connectivity index (χ0v) is 24.3. The number of allylic oxidation sites excluding steroid dienone is 1. The van der Waals surface area contributed by atoms with Crippen LogP contribution in [-0.2, 0) is 35.2 Å². The first-order valence-corrected chi connectivity index (χ1v) is 15.0. The van der Waals surface area contributed by atoms with Gasteiger partial charge in [0.2, 0.25) is 11.8 Å². The molecule has 3 rings (SSSR count). The Bertz CT molecular complexity index is 1010. The second-order valence-corrected chi connectivity index (χ2v) is 10.9. The number of nitrogens with one attached hydrogen (secondary N) is 3. The van der Waals surface area contributed by atoms with Crippen molar-refractivity contribution in [1.82, 2.24) is 16.0 Å². The predicted octanol–water partition coefficient (Wildman–Crippen LogP) is 2.76. The number of alkyl carbamates (subject to hydrolysis) is 1. The van der Waals surface area contributed by atoms with Crippen molar-refractivity contribution in [1.29, 1.82) is 0 Å². The number of cyclic esters (lactones) is 1. The van der Waals surface area contributed by atoms with Crippen LogP contribution in [0.2, 0.25) is 0 Å². The maximum Gasteiger partial charge on any atom is 0.408 e. The third-order valence-corrected chi connectivity index (χ3v) is 7.47. The molecule has 42 heavy (non-hydrogen) atoms. The van der Waals surface area contributed by atoms with Crippen molar-refractivity contribution in [3.8, 4) is 0 Å². The topological polar surface area (TPSA) is 152 Å². The SMILES string of the molecule is O=C(CC1CC=CCC(NC(=O)OCc2ccccc2)C(=O)OCC(CC2CCCCC2)NC1=O)NCCOCCO. The van der Waals surface area contributed by atoms with Gasteiger partial charge in [-0.2, -0.15) is 0 Å². The fourth-order valence-electron chi connectivity index (χ4n) is 5.22. The first-order valence-electron chi connectivity index (χ1n) is 15.0. The molecule has 0 spiro atoms. The number of carbonyl (C=O) groups excluding carboxylic acids is 4. The number of esters is 1. The lowest BCUT2D eigenvalue weighted by Crippen LogP contribution is -2.47. The average molecular weight is 588 g/mol. The monoisotopic (exact) mass is 587 g/mol. The molecule has 4 N–H and O–H groups in total. The minimum atomic E-state index is -0.962. The molecule has 1 saturated carbocycles. The first-order chi connectivity index (χ1) is 20.4. The number of ether oxygens (including phenoxy) is 3. The van der Waals surface area contributed by atoms with E-state index in [4.69, 9.17) is 19.3 Å². The molecule has 3 unspecified atom stereocenters. The predicted molar refractivity (Wildman–Crippen MR) is 155 cm³/mol. The summed E-state index contributed by atoms with van der Waals surface area (Å²) in [6, 6.07) is 7.86. The van der Waals surface area contributed by atoms with Gasteiger partial charge < -0.3 is 35.3 Å². The summed E-state index contributed by atoms with van der Waals surface area (Å²) in [6.07, 6.45) is 9.41. The smallest absolute Gasteiger partial charge is 0.408 e. The number of hydrogen-bond acceptors (Lipinski definition) is 8. The molecule has 1 aromatic carbocycles. The van der Waals surface area contributed by atoms with E-state index in [0.717, 1.165) is 31.2 Å². The van der Waals surface area contributed by atoms with Gasteiger partial charge in [0.25, 0.3) is 0 Å². The summed E-state index contributed by atoms with van der Waals surface area (Å²) >= 11 is 0. The Morgan fingerprint density at radius 1 is 1.02 bits per heavy atom. The van der Waals surface area contributed by atoms with Gasteiger partial charge in [0.1, 0.15) is 19.3 Å². The zero-order valence-electron chi connectivity index (χ0n) is 24.3. The van der Waals surface area contributed by atoms with E-state index in [2.05, 4.69) is 16.0 Å². The van der Waals surface area contributed by atoms with Crippen molar-refractivity contribution in [3.63, 3.8) is 0 Å². The molecule has 232 valence electrons. The van der Waals surface area contributed by atoms with Gasteiger partial charge in [0.05, 0.1) is 31.8 Å². The molecule has 11 nitrogen and oxygen atoms in total. The normalized spacial score (nSPS) is 22.2. The van der Waals surface area contributed by atoms with Crippen molar-refractivity contribution in [2.24, 2.45) is 11.8 Å². The number of hydrogen-bond donors (Lipinski definition) is 4. The van der Waals surface area contributed by atoms with Crippen LogP contribution in [0, 0.1) is 11.8 Å². The van der Waals surface area contributed by atoms with E-state index >= 15 is 0 Å². The van der Waals surface area contributed by atoms with Crippen LogP contribution in [0.4, 0.5) is 4.79 Å². The fourth-order valence-corrected chi connectivity index (χ4v) is 5.22. The summed E-state index contributed by atoms with van der Waals surface area (Å²) in [6.45, 7) is 0.682. The molecule has 1 aliphatic carbocycles. The molecular formula is C31H45N3O8. The summed E-state index contributed by atoms with van der Waals surface area (Å²) in [5.41, 5.74) is 0.822. The second kappa shape index (κ2) is 18.9. The van der Waals surface area contributed by atoms with Gasteiger partial charge in [-0.25, -0.2) is 9.59 Å². The zero-order chi connectivity index (χ0) is 30.0. The Balaban J connectivity index is 1.65. The molecule has 2 aliphatic rings. The minimum Gasteiger partial charge on any atom is -0.462 e. The van der Waals surface area contributed by atoms with Crippen LogP contribution >= 0.6 is 0 Å². The number of rotatable bonds is 12. The first kappa shape index (κ1) is 33.1. The van der Waals surface area contributed by atoms with Crippen LogP contribution in [0.5, 0.6) is 0 Å². The van der Waals surface area contributed by atoms with Crippen LogP contribution in [-0.4, -0.2) is 74.0 Å². The van der Waals surface area contributed by atoms with Gasteiger partial charge in [-0.3, -0.25) is 9.59 Å². The standard InChI is InChI=1S/C31H45N3O8/c35-16-18-40-17-15-32-28(36)20-25-13-7-8-14-27(34-31(39)42-21-24-11-5-2-6-12-24)30(38)41-22-26(33-29(25)37)19-23-9-3-1-4-10-23/h2,5-8,11-12,23,25-27,35H,1,3-4,9-10,13-22H2,(H,32,36)(H,33,37)(H,34,39). The van der Waals surface area contributed by atoms with Crippen molar-refractivity contribution in [2.75, 3.05) is 33.0 Å². The molecule has 1 heterocycles.